The molecule has 1 aromatic heterocycles. The molecule has 10 heteroatoms. The lowest BCUT2D eigenvalue weighted by molar-refractivity contribution is -0.122. The molecule has 3 heterocycles. The number of nitrogens with zero attached hydrogens (tertiary/aromatic N) is 3. The number of pyridine rings is 1. The second-order valence-electron chi connectivity index (χ2n) is 9.41. The first-order valence-electron chi connectivity index (χ1n) is 12.3. The van der Waals surface area contributed by atoms with Crippen LogP contribution in [0.4, 0.5) is 5.82 Å². The van der Waals surface area contributed by atoms with Crippen LogP contribution in [0.25, 0.3) is 6.08 Å². The Bertz CT molecular complexity index is 1370. The molecule has 0 atom stereocenters. The van der Waals surface area contributed by atoms with Crippen molar-refractivity contribution in [1.82, 2.24) is 9.47 Å². The van der Waals surface area contributed by atoms with E-state index in [0.29, 0.717) is 57.3 Å². The van der Waals surface area contributed by atoms with Gasteiger partial charge in [0.2, 0.25) is 6.79 Å². The van der Waals surface area contributed by atoms with Crippen molar-refractivity contribution < 1.29 is 14.3 Å². The number of amides is 1. The van der Waals surface area contributed by atoms with E-state index in [1.54, 1.807) is 22.5 Å². The number of unbranched alkanes of at least 4 members (excludes halogenated alkanes) is 1. The van der Waals surface area contributed by atoms with Crippen molar-refractivity contribution in [3.63, 3.8) is 0 Å². The van der Waals surface area contributed by atoms with Gasteiger partial charge in [-0.15, -0.1) is 0 Å². The van der Waals surface area contributed by atoms with E-state index in [9.17, 15) is 14.9 Å². The summed E-state index contributed by atoms with van der Waals surface area (Å²) in [4.78, 5) is 28.6. The standard InChI is InChI=1S/C27H30N4O4S2/c1-5-6-9-30-24(29-13-18-7-8-21-22(10-18)35-15-34-21)19(17(4)20(12-28)25(30)32)11-23-26(33)31(14-16(2)3)27(36)37-23/h7-8,10-11,16,29H,5-6,9,13-15H2,1-4H3/b23-11+. The highest BCUT2D eigenvalue weighted by Crippen LogP contribution is 2.36. The van der Waals surface area contributed by atoms with Crippen LogP contribution in [0, 0.1) is 24.2 Å². The number of nitrogens with one attached hydrogen (secondary N) is 1. The number of carbonyl (C=O) groups is 1. The molecule has 0 spiro atoms. The van der Waals surface area contributed by atoms with Gasteiger partial charge in [0.25, 0.3) is 11.5 Å². The van der Waals surface area contributed by atoms with Crippen LogP contribution in [0.2, 0.25) is 0 Å². The minimum atomic E-state index is -0.342. The average molecular weight is 539 g/mol. The van der Waals surface area contributed by atoms with Crippen LogP contribution in [0.1, 0.15) is 55.9 Å². The summed E-state index contributed by atoms with van der Waals surface area (Å²) in [6.45, 7) is 9.44. The molecule has 0 radical (unpaired) electrons. The fourth-order valence-corrected chi connectivity index (χ4v) is 5.53. The maximum absolute atomic E-state index is 13.3. The van der Waals surface area contributed by atoms with Crippen LogP contribution in [-0.4, -0.2) is 33.0 Å². The van der Waals surface area contributed by atoms with Crippen LogP contribution < -0.4 is 20.3 Å². The van der Waals surface area contributed by atoms with E-state index >= 15 is 0 Å². The number of thiocarbonyl (C=S) groups is 1. The van der Waals surface area contributed by atoms with Gasteiger partial charge in [-0.05, 0) is 48.6 Å². The fraction of sp³-hybridized carbons (Fsp3) is 0.407. The predicted octanol–water partition coefficient (Wildman–Crippen LogP) is 5.03. The maximum atomic E-state index is 13.3. The van der Waals surface area contributed by atoms with E-state index in [2.05, 4.69) is 11.4 Å². The normalized spacial score (nSPS) is 15.7. The number of aromatic nitrogens is 1. The van der Waals surface area contributed by atoms with E-state index in [1.165, 1.54) is 11.8 Å². The van der Waals surface area contributed by atoms with Crippen molar-refractivity contribution in [3.8, 4) is 17.6 Å². The number of hydrogen-bond donors (Lipinski definition) is 1. The van der Waals surface area contributed by atoms with E-state index in [4.69, 9.17) is 21.7 Å². The molecular formula is C27H30N4O4S2. The molecule has 0 aliphatic carbocycles. The Morgan fingerprint density at radius 1 is 1.27 bits per heavy atom. The Labute approximate surface area is 226 Å². The first-order valence-corrected chi connectivity index (χ1v) is 13.5. The van der Waals surface area contributed by atoms with E-state index in [1.807, 2.05) is 39.0 Å². The highest BCUT2D eigenvalue weighted by molar-refractivity contribution is 8.26. The van der Waals surface area contributed by atoms with Crippen molar-refractivity contribution in [1.29, 1.82) is 5.26 Å². The first-order chi connectivity index (χ1) is 17.7. The number of fused-ring (bicyclic) bond motifs is 1. The minimum Gasteiger partial charge on any atom is -0.454 e. The summed E-state index contributed by atoms with van der Waals surface area (Å²) in [5, 5.41) is 13.2. The number of rotatable bonds is 9. The molecule has 0 bridgehead atoms. The molecule has 2 aliphatic rings. The van der Waals surface area contributed by atoms with Crippen molar-refractivity contribution >= 4 is 46.1 Å². The lowest BCUT2D eigenvalue weighted by atomic mass is 10.0. The zero-order valence-corrected chi connectivity index (χ0v) is 23.1. The van der Waals surface area contributed by atoms with Crippen molar-refractivity contribution in [2.75, 3.05) is 18.7 Å². The number of thioether (sulfide) groups is 1. The molecular weight excluding hydrogens is 508 g/mol. The van der Waals surface area contributed by atoms with Gasteiger partial charge in [-0.1, -0.05) is 57.2 Å². The third kappa shape index (κ3) is 5.53. The topological polar surface area (TPSA) is 96.6 Å². The third-order valence-electron chi connectivity index (χ3n) is 6.20. The Morgan fingerprint density at radius 2 is 2.03 bits per heavy atom. The summed E-state index contributed by atoms with van der Waals surface area (Å²) in [7, 11) is 0. The minimum absolute atomic E-state index is 0.0774. The quantitative estimate of drug-likeness (QED) is 0.351. The van der Waals surface area contributed by atoms with Gasteiger partial charge in [-0.2, -0.15) is 5.26 Å². The number of anilines is 1. The van der Waals surface area contributed by atoms with Crippen LogP contribution in [0.5, 0.6) is 11.5 Å². The molecule has 194 valence electrons. The highest BCUT2D eigenvalue weighted by Gasteiger charge is 2.33. The smallest absolute Gasteiger partial charge is 0.270 e. The number of nitriles is 1. The van der Waals surface area contributed by atoms with Gasteiger partial charge in [0, 0.05) is 25.2 Å². The summed E-state index contributed by atoms with van der Waals surface area (Å²) in [6, 6.07) is 7.77. The second kappa shape index (κ2) is 11.4. The van der Waals surface area contributed by atoms with Crippen LogP contribution >= 0.6 is 24.0 Å². The zero-order chi connectivity index (χ0) is 26.7. The Kier molecular flexibility index (Phi) is 8.25. The number of benzene rings is 1. The average Bonchev–Trinajstić information content (AvgIpc) is 3.43. The lowest BCUT2D eigenvalue weighted by Gasteiger charge is -2.20. The second-order valence-corrected chi connectivity index (χ2v) is 11.1. The van der Waals surface area contributed by atoms with Crippen LogP contribution in [-0.2, 0) is 17.9 Å². The van der Waals surface area contributed by atoms with Gasteiger partial charge in [0.1, 0.15) is 21.8 Å². The Morgan fingerprint density at radius 3 is 2.73 bits per heavy atom. The summed E-state index contributed by atoms with van der Waals surface area (Å²) in [5.41, 5.74) is 1.84. The predicted molar refractivity (Wildman–Crippen MR) is 150 cm³/mol. The zero-order valence-electron chi connectivity index (χ0n) is 21.4. The number of hydrogen-bond acceptors (Lipinski definition) is 8. The summed E-state index contributed by atoms with van der Waals surface area (Å²) >= 11 is 6.73. The van der Waals surface area contributed by atoms with E-state index in [0.717, 1.165) is 18.4 Å². The summed E-state index contributed by atoms with van der Waals surface area (Å²) < 4.78 is 13.0. The van der Waals surface area contributed by atoms with E-state index < -0.39 is 0 Å². The largest absolute Gasteiger partial charge is 0.454 e. The van der Waals surface area contributed by atoms with E-state index in [-0.39, 0.29) is 29.7 Å². The molecule has 1 aromatic carbocycles. The van der Waals surface area contributed by atoms with Crippen LogP contribution in [0.15, 0.2) is 27.9 Å². The van der Waals surface area contributed by atoms with Gasteiger partial charge >= 0.3 is 0 Å². The van der Waals surface area contributed by atoms with Gasteiger partial charge in [-0.3, -0.25) is 19.1 Å². The van der Waals surface area contributed by atoms with Gasteiger partial charge in [0.05, 0.1) is 4.91 Å². The van der Waals surface area contributed by atoms with Gasteiger partial charge in [-0.25, -0.2) is 0 Å². The molecule has 0 saturated carbocycles. The Hall–Kier alpha value is -3.29. The summed E-state index contributed by atoms with van der Waals surface area (Å²) in [5.74, 6) is 2.05. The van der Waals surface area contributed by atoms with Gasteiger partial charge in [0.15, 0.2) is 11.5 Å². The molecule has 2 aliphatic heterocycles. The first kappa shape index (κ1) is 26.8. The molecule has 1 saturated heterocycles. The SMILES string of the molecule is CCCCn1c(NCc2ccc3c(c2)OCO3)c(/C=C2/SC(=S)N(CC(C)C)C2=O)c(C)c(C#N)c1=O. The molecule has 8 nitrogen and oxygen atoms in total. The number of carbonyl (C=O) groups excluding carboxylic acids is 1. The fourth-order valence-electron chi connectivity index (χ4n) is 4.27. The molecule has 1 amide bonds. The molecule has 4 rings (SSSR count). The maximum Gasteiger partial charge on any atom is 0.270 e. The summed E-state index contributed by atoms with van der Waals surface area (Å²) in [6.07, 6.45) is 3.41. The molecule has 1 N–H and O–H groups in total. The molecule has 1 fully saturated rings. The third-order valence-corrected chi connectivity index (χ3v) is 7.58. The Balaban J connectivity index is 1.79. The number of ether oxygens (including phenoxy) is 2. The van der Waals surface area contributed by atoms with Crippen molar-refractivity contribution in [2.45, 2.75) is 53.6 Å². The monoisotopic (exact) mass is 538 g/mol. The van der Waals surface area contributed by atoms with Crippen LogP contribution in [0.3, 0.4) is 0 Å². The molecule has 2 aromatic rings. The molecule has 37 heavy (non-hydrogen) atoms. The van der Waals surface area contributed by atoms with Crippen molar-refractivity contribution in [2.24, 2.45) is 5.92 Å². The van der Waals surface area contributed by atoms with Gasteiger partial charge < -0.3 is 14.8 Å². The molecule has 0 unspecified atom stereocenters. The van der Waals surface area contributed by atoms with Crippen molar-refractivity contribution in [3.05, 3.63) is 55.7 Å². The highest BCUT2D eigenvalue weighted by atomic mass is 32.2. The lowest BCUT2D eigenvalue weighted by Crippen LogP contribution is -2.31.